The first-order valence-corrected chi connectivity index (χ1v) is 14.2. The van der Waals surface area contributed by atoms with E-state index >= 15 is 0 Å². The van der Waals surface area contributed by atoms with E-state index in [0.717, 1.165) is 0 Å². The van der Waals surface area contributed by atoms with Crippen LogP contribution in [0.4, 0.5) is 4.79 Å². The van der Waals surface area contributed by atoms with Gasteiger partial charge < -0.3 is 29.7 Å². The fourth-order valence-electron chi connectivity index (χ4n) is 4.11. The Kier molecular flexibility index (Phi) is 11.0. The molecule has 2 aromatic rings. The van der Waals surface area contributed by atoms with Crippen LogP contribution in [0.1, 0.15) is 69.1 Å². The average Bonchev–Trinajstić information content (AvgIpc) is 3.34. The molecule has 0 radical (unpaired) electrons. The normalized spacial score (nSPS) is 13.8. The molecular weight excluding hydrogens is 540 g/mol. The van der Waals surface area contributed by atoms with E-state index in [1.165, 1.54) is 20.3 Å². The number of furan rings is 1. The van der Waals surface area contributed by atoms with E-state index in [1.54, 1.807) is 59.7 Å². The molecule has 0 saturated carbocycles. The minimum atomic E-state index is -4.02. The zero-order chi connectivity index (χ0) is 30.3. The van der Waals surface area contributed by atoms with Crippen molar-refractivity contribution in [3.8, 4) is 5.75 Å². The van der Waals surface area contributed by atoms with Gasteiger partial charge in [-0.15, -0.1) is 0 Å². The van der Waals surface area contributed by atoms with Gasteiger partial charge in [0.25, 0.3) is 10.0 Å². The van der Waals surface area contributed by atoms with Gasteiger partial charge in [-0.2, -0.15) is 0 Å². The predicted molar refractivity (Wildman–Crippen MR) is 150 cm³/mol. The van der Waals surface area contributed by atoms with Gasteiger partial charge in [-0.25, -0.2) is 17.9 Å². The van der Waals surface area contributed by atoms with Gasteiger partial charge in [-0.3, -0.25) is 9.79 Å². The summed E-state index contributed by atoms with van der Waals surface area (Å²) in [5.74, 6) is 0.0826. The average molecular weight is 581 g/mol. The molecule has 1 aromatic heterocycles. The van der Waals surface area contributed by atoms with Gasteiger partial charge in [0.1, 0.15) is 17.1 Å². The molecule has 0 bridgehead atoms. The van der Waals surface area contributed by atoms with E-state index in [2.05, 4.69) is 15.0 Å². The number of aryl methyl sites for hydroxylation is 1. The van der Waals surface area contributed by atoms with Crippen LogP contribution >= 0.6 is 0 Å². The molecule has 40 heavy (non-hydrogen) atoms. The van der Waals surface area contributed by atoms with Crippen molar-refractivity contribution in [2.75, 3.05) is 13.7 Å². The highest BCUT2D eigenvalue weighted by atomic mass is 32.2. The third kappa shape index (κ3) is 9.18. The number of nitrogens with two attached hydrogens (primary N) is 1. The monoisotopic (exact) mass is 580 g/mol. The van der Waals surface area contributed by atoms with Crippen molar-refractivity contribution < 1.29 is 36.6 Å². The van der Waals surface area contributed by atoms with Crippen LogP contribution in [-0.2, 0) is 24.3 Å². The Morgan fingerprint density at radius 2 is 1.85 bits per heavy atom. The molecule has 4 N–H and O–H groups in total. The number of nitrogens with one attached hydrogen (secondary N) is 2. The summed E-state index contributed by atoms with van der Waals surface area (Å²) in [4.78, 5) is 28.6. The summed E-state index contributed by atoms with van der Waals surface area (Å²) in [6.45, 7) is 11.7. The molecule has 1 heterocycles. The molecule has 222 valence electrons. The quantitative estimate of drug-likeness (QED) is 0.155. The minimum Gasteiger partial charge on any atom is -0.496 e. The number of methoxy groups -OCH3 is 1. The molecule has 0 unspecified atom stereocenters. The van der Waals surface area contributed by atoms with E-state index < -0.39 is 39.8 Å². The Labute approximate surface area is 235 Å². The number of amides is 1. The second kappa shape index (κ2) is 13.6. The number of esters is 1. The van der Waals surface area contributed by atoms with Gasteiger partial charge >= 0.3 is 12.1 Å². The number of nitrogens with zero attached hydrogens (tertiary/aromatic N) is 1. The highest BCUT2D eigenvalue weighted by Crippen LogP contribution is 2.30. The number of aliphatic imine (C=N–C) groups is 1. The Morgan fingerprint density at radius 1 is 1.18 bits per heavy atom. The van der Waals surface area contributed by atoms with Crippen LogP contribution in [0.15, 0.2) is 38.8 Å². The van der Waals surface area contributed by atoms with Crippen LogP contribution in [0, 0.1) is 20.8 Å². The number of hydrogen-bond donors (Lipinski definition) is 3. The third-order valence-corrected chi connectivity index (χ3v) is 7.49. The van der Waals surface area contributed by atoms with Crippen molar-refractivity contribution in [2.24, 2.45) is 10.7 Å². The number of benzene rings is 1. The lowest BCUT2D eigenvalue weighted by molar-refractivity contribution is -0.149. The van der Waals surface area contributed by atoms with Gasteiger partial charge in [0.15, 0.2) is 6.10 Å². The fourth-order valence-corrected chi connectivity index (χ4v) is 5.59. The topological polar surface area (TPSA) is 172 Å². The van der Waals surface area contributed by atoms with Crippen molar-refractivity contribution in [1.29, 1.82) is 0 Å². The minimum absolute atomic E-state index is 0.105. The number of alkyl carbamates (subject to hydrolysis) is 1. The van der Waals surface area contributed by atoms with Crippen LogP contribution in [0.25, 0.3) is 0 Å². The highest BCUT2D eigenvalue weighted by Gasteiger charge is 2.31. The van der Waals surface area contributed by atoms with Gasteiger partial charge in [-0.1, -0.05) is 0 Å². The zero-order valence-corrected chi connectivity index (χ0v) is 25.1. The Balaban J connectivity index is 2.17. The van der Waals surface area contributed by atoms with E-state index in [9.17, 15) is 18.0 Å². The summed E-state index contributed by atoms with van der Waals surface area (Å²) in [5, 5.41) is 2.74. The molecule has 0 saturated heterocycles. The molecule has 0 aliphatic rings. The maximum Gasteiger partial charge on any atom is 0.408 e. The van der Waals surface area contributed by atoms with Crippen LogP contribution in [0.3, 0.4) is 0 Å². The molecule has 1 aromatic carbocycles. The smallest absolute Gasteiger partial charge is 0.408 e. The predicted octanol–water partition coefficient (Wildman–Crippen LogP) is 3.78. The lowest BCUT2D eigenvalue weighted by atomic mass is 10.0. The van der Waals surface area contributed by atoms with Crippen molar-refractivity contribution in [3.05, 3.63) is 46.9 Å². The first-order chi connectivity index (χ1) is 18.6. The molecule has 0 spiro atoms. The van der Waals surface area contributed by atoms with Crippen molar-refractivity contribution in [3.63, 3.8) is 0 Å². The summed E-state index contributed by atoms with van der Waals surface area (Å²) in [7, 11) is -2.49. The van der Waals surface area contributed by atoms with E-state index in [-0.39, 0.29) is 23.8 Å². The molecular formula is C27H40N4O8S. The molecule has 12 nitrogen and oxygen atoms in total. The maximum absolute atomic E-state index is 13.1. The summed E-state index contributed by atoms with van der Waals surface area (Å²) in [6, 6.07) is 4.19. The first-order valence-electron chi connectivity index (χ1n) is 12.7. The molecule has 2 atom stereocenters. The SMILES string of the molecule is COc1cc(C)c(S(=O)(=O)NC(N)=NCCC[C@H](NC(=O)OC(C)(C)C)[C@H](OC(C)=O)c2ccco2)c(C)c1C. The molecule has 0 aliphatic heterocycles. The number of sulfonamides is 1. The second-order valence-electron chi connectivity index (χ2n) is 10.3. The standard InChI is InChI=1S/C27H40N4O8S/c1-16-15-22(36-8)17(2)18(3)24(16)40(34,35)31-25(28)29-13-9-11-20(30-26(33)39-27(5,6)7)23(38-19(4)32)21-12-10-14-37-21/h10,12,14-15,20,23H,9,11,13H2,1-8H3,(H,30,33)(H3,28,29,31)/t20-,23-/m0/s1. The Morgan fingerprint density at radius 3 is 2.40 bits per heavy atom. The molecule has 0 aliphatic carbocycles. The van der Waals surface area contributed by atoms with Gasteiger partial charge in [0, 0.05) is 13.5 Å². The van der Waals surface area contributed by atoms with Crippen LogP contribution < -0.4 is 20.5 Å². The summed E-state index contributed by atoms with van der Waals surface area (Å²) < 4.78 is 50.1. The number of ether oxygens (including phenoxy) is 3. The maximum atomic E-state index is 13.1. The van der Waals surface area contributed by atoms with Crippen LogP contribution in [0.5, 0.6) is 5.75 Å². The van der Waals surface area contributed by atoms with Crippen LogP contribution in [0.2, 0.25) is 0 Å². The molecule has 1 amide bonds. The first kappa shape index (κ1) is 32.5. The number of rotatable bonds is 11. The van der Waals surface area contributed by atoms with Crippen molar-refractivity contribution >= 4 is 28.0 Å². The second-order valence-corrected chi connectivity index (χ2v) is 11.9. The van der Waals surface area contributed by atoms with Crippen LogP contribution in [-0.4, -0.2) is 51.7 Å². The van der Waals surface area contributed by atoms with Crippen molar-refractivity contribution in [1.82, 2.24) is 10.0 Å². The molecule has 2 rings (SSSR count). The number of guanidine groups is 1. The lowest BCUT2D eigenvalue weighted by Crippen LogP contribution is -2.43. The number of hydrogen-bond acceptors (Lipinski definition) is 9. The molecule has 13 heteroatoms. The fraction of sp³-hybridized carbons (Fsp3) is 0.519. The van der Waals surface area contributed by atoms with Gasteiger partial charge in [-0.05, 0) is 89.3 Å². The van der Waals surface area contributed by atoms with E-state index in [4.69, 9.17) is 24.4 Å². The molecule has 0 fully saturated rings. The Bertz CT molecular complexity index is 1310. The highest BCUT2D eigenvalue weighted by molar-refractivity contribution is 7.90. The van der Waals surface area contributed by atoms with Gasteiger partial charge in [0.05, 0.1) is 24.3 Å². The van der Waals surface area contributed by atoms with E-state index in [0.29, 0.717) is 34.6 Å². The summed E-state index contributed by atoms with van der Waals surface area (Å²) in [6.07, 6.45) is 0.432. The third-order valence-electron chi connectivity index (χ3n) is 5.85. The van der Waals surface area contributed by atoms with Gasteiger partial charge in [0.2, 0.25) is 5.96 Å². The lowest BCUT2D eigenvalue weighted by Gasteiger charge is -2.28. The zero-order valence-electron chi connectivity index (χ0n) is 24.3. The van der Waals surface area contributed by atoms with E-state index in [1.807, 2.05) is 0 Å². The summed E-state index contributed by atoms with van der Waals surface area (Å²) >= 11 is 0. The largest absolute Gasteiger partial charge is 0.496 e. The van der Waals surface area contributed by atoms with Crippen molar-refractivity contribution in [2.45, 2.75) is 84.0 Å². The number of carbonyl (C=O) groups is 2. The number of carbonyl (C=O) groups excluding carboxylic acids is 2. The summed E-state index contributed by atoms with van der Waals surface area (Å²) in [5.41, 5.74) is 6.93. The Hall–Kier alpha value is -3.74.